The van der Waals surface area contributed by atoms with Gasteiger partial charge in [-0.1, -0.05) is 12.1 Å². The molecule has 3 heterocycles. The van der Waals surface area contributed by atoms with Gasteiger partial charge in [0.1, 0.15) is 0 Å². The minimum atomic E-state index is -4.67. The Morgan fingerprint density at radius 1 is 1.16 bits per heavy atom. The highest BCUT2D eigenvalue weighted by atomic mass is 32.2. The van der Waals surface area contributed by atoms with E-state index in [0.29, 0.717) is 5.56 Å². The molecular formula is C21H18F3N5OS. The highest BCUT2D eigenvalue weighted by molar-refractivity contribution is 8.27. The number of amidine groups is 2. The van der Waals surface area contributed by atoms with E-state index >= 15 is 0 Å². The summed E-state index contributed by atoms with van der Waals surface area (Å²) in [4.78, 5) is 16.2. The molecule has 1 N–H and O–H groups in total. The van der Waals surface area contributed by atoms with Crippen molar-refractivity contribution in [2.45, 2.75) is 33.9 Å². The van der Waals surface area contributed by atoms with Crippen LogP contribution in [0.1, 0.15) is 28.1 Å². The molecule has 160 valence electrons. The molecule has 1 aromatic heterocycles. The maximum Gasteiger partial charge on any atom is 0.441 e. The fourth-order valence-corrected chi connectivity index (χ4v) is 4.30. The molecule has 1 amide bonds. The van der Waals surface area contributed by atoms with Crippen LogP contribution in [0.15, 0.2) is 39.9 Å². The maximum absolute atomic E-state index is 13.0. The van der Waals surface area contributed by atoms with E-state index in [0.717, 1.165) is 33.2 Å². The number of aromatic nitrogens is 1. The second-order valence-corrected chi connectivity index (χ2v) is 8.26. The lowest BCUT2D eigenvalue weighted by Gasteiger charge is -2.20. The first kappa shape index (κ1) is 21.1. The second kappa shape index (κ2) is 7.23. The molecule has 4 rings (SSSR count). The molecule has 2 aliphatic heterocycles. The van der Waals surface area contributed by atoms with Gasteiger partial charge in [0.25, 0.3) is 5.91 Å². The van der Waals surface area contributed by atoms with Crippen molar-refractivity contribution in [3.05, 3.63) is 57.9 Å². The van der Waals surface area contributed by atoms with Crippen molar-refractivity contribution in [1.29, 1.82) is 5.41 Å². The molecule has 0 radical (unpaired) electrons. The Balaban J connectivity index is 1.77. The first-order valence-electron chi connectivity index (χ1n) is 9.32. The first-order valence-corrected chi connectivity index (χ1v) is 10.1. The lowest BCUT2D eigenvalue weighted by Crippen LogP contribution is -2.35. The average Bonchev–Trinajstić information content (AvgIpc) is 3.23. The van der Waals surface area contributed by atoms with Crippen LogP contribution >= 0.6 is 11.8 Å². The van der Waals surface area contributed by atoms with Gasteiger partial charge in [-0.2, -0.15) is 28.3 Å². The lowest BCUT2D eigenvalue weighted by atomic mass is 10.1. The minimum Gasteiger partial charge on any atom is -0.318 e. The Morgan fingerprint density at radius 2 is 1.87 bits per heavy atom. The van der Waals surface area contributed by atoms with Gasteiger partial charge in [-0.15, -0.1) is 0 Å². The SMILES string of the molecule is Cc1cccc(-n2c(C)cc(/C=C3\C(=N)N4N=C(C(F)(F)F)SC4=NC3=O)c2C)c1C. The molecular weight excluding hydrogens is 427 g/mol. The van der Waals surface area contributed by atoms with Crippen LogP contribution in [0.3, 0.4) is 0 Å². The number of halogens is 3. The zero-order chi connectivity index (χ0) is 22.7. The van der Waals surface area contributed by atoms with Crippen LogP contribution in [0.4, 0.5) is 13.2 Å². The molecule has 0 aliphatic carbocycles. The van der Waals surface area contributed by atoms with Gasteiger partial charge in [0.05, 0.1) is 5.57 Å². The van der Waals surface area contributed by atoms with Crippen LogP contribution in [-0.4, -0.2) is 37.7 Å². The molecule has 6 nitrogen and oxygen atoms in total. The number of hydrogen-bond donors (Lipinski definition) is 1. The Bertz CT molecular complexity index is 1240. The first-order chi connectivity index (χ1) is 14.5. The van der Waals surface area contributed by atoms with Gasteiger partial charge in [0.2, 0.25) is 10.2 Å². The molecule has 2 aliphatic rings. The van der Waals surface area contributed by atoms with Crippen molar-refractivity contribution in [2.75, 3.05) is 0 Å². The number of thioether (sulfide) groups is 1. The van der Waals surface area contributed by atoms with Gasteiger partial charge in [0, 0.05) is 17.1 Å². The van der Waals surface area contributed by atoms with E-state index in [1.807, 2.05) is 56.5 Å². The number of aryl methyl sites for hydroxylation is 2. The summed E-state index contributed by atoms with van der Waals surface area (Å²) < 4.78 is 41.0. The molecule has 0 fully saturated rings. The lowest BCUT2D eigenvalue weighted by molar-refractivity contribution is -0.114. The fourth-order valence-electron chi connectivity index (χ4n) is 3.54. The smallest absolute Gasteiger partial charge is 0.318 e. The third-order valence-corrected chi connectivity index (χ3v) is 6.24. The van der Waals surface area contributed by atoms with E-state index in [1.165, 1.54) is 6.08 Å². The summed E-state index contributed by atoms with van der Waals surface area (Å²) in [5.74, 6) is -1.20. The molecule has 1 aromatic carbocycles. The van der Waals surface area contributed by atoms with E-state index in [9.17, 15) is 18.0 Å². The average molecular weight is 445 g/mol. The fraction of sp³-hybridized carbons (Fsp3) is 0.238. The number of amides is 1. The molecule has 10 heteroatoms. The van der Waals surface area contributed by atoms with Gasteiger partial charge in [-0.05, 0) is 74.4 Å². The molecule has 0 saturated heterocycles. The molecule has 31 heavy (non-hydrogen) atoms. The number of benzene rings is 1. The maximum atomic E-state index is 13.0. The summed E-state index contributed by atoms with van der Waals surface area (Å²) in [7, 11) is 0. The number of hydrogen-bond acceptors (Lipinski definition) is 4. The van der Waals surface area contributed by atoms with Gasteiger partial charge in [0.15, 0.2) is 5.84 Å². The van der Waals surface area contributed by atoms with E-state index in [2.05, 4.69) is 10.1 Å². The second-order valence-electron chi connectivity index (χ2n) is 7.30. The standard InChI is InChI=1S/C21H18F3N5OS/c1-10-6-5-7-16(12(10)3)28-11(2)8-14(13(28)4)9-15-17(25)29-20(26-18(15)30)31-19(27-29)21(22,23)24/h5-9,25H,1-4H3/b15-9+,25-17?. The molecule has 0 spiro atoms. The summed E-state index contributed by atoms with van der Waals surface area (Å²) >= 11 is 0.235. The predicted molar refractivity (Wildman–Crippen MR) is 116 cm³/mol. The number of carbonyl (C=O) groups is 1. The highest BCUT2D eigenvalue weighted by Crippen LogP contribution is 2.35. The molecule has 0 unspecified atom stereocenters. The topological polar surface area (TPSA) is 73.8 Å². The Kier molecular flexibility index (Phi) is 4.92. The van der Waals surface area contributed by atoms with Crippen molar-refractivity contribution in [2.24, 2.45) is 10.1 Å². The number of rotatable bonds is 2. The number of alkyl halides is 3. The van der Waals surface area contributed by atoms with Crippen LogP contribution in [0.5, 0.6) is 0 Å². The number of aliphatic imine (C=N–C) groups is 1. The van der Waals surface area contributed by atoms with E-state index in [1.54, 1.807) is 0 Å². The number of fused-ring (bicyclic) bond motifs is 1. The molecule has 0 saturated carbocycles. The normalized spacial score (nSPS) is 17.9. The predicted octanol–water partition coefficient (Wildman–Crippen LogP) is 4.89. The minimum absolute atomic E-state index is 0.113. The van der Waals surface area contributed by atoms with Crippen LogP contribution in [-0.2, 0) is 4.79 Å². The Hall–Kier alpha value is -3.14. The van der Waals surface area contributed by atoms with Gasteiger partial charge in [-0.25, -0.2) is 0 Å². The highest BCUT2D eigenvalue weighted by Gasteiger charge is 2.46. The largest absolute Gasteiger partial charge is 0.441 e. The zero-order valence-corrected chi connectivity index (χ0v) is 17.9. The van der Waals surface area contributed by atoms with E-state index < -0.39 is 23.0 Å². The van der Waals surface area contributed by atoms with Crippen molar-refractivity contribution in [3.63, 3.8) is 0 Å². The van der Waals surface area contributed by atoms with E-state index in [-0.39, 0.29) is 22.5 Å². The molecule has 0 bridgehead atoms. The summed E-state index contributed by atoms with van der Waals surface area (Å²) in [5, 5.41) is 11.0. The Labute approximate surface area is 180 Å². The van der Waals surface area contributed by atoms with Crippen LogP contribution < -0.4 is 0 Å². The van der Waals surface area contributed by atoms with Gasteiger partial charge < -0.3 is 4.57 Å². The third kappa shape index (κ3) is 3.50. The summed E-state index contributed by atoms with van der Waals surface area (Å²) in [6, 6.07) is 7.86. The van der Waals surface area contributed by atoms with Crippen LogP contribution in [0, 0.1) is 33.1 Å². The molecule has 2 aromatic rings. The van der Waals surface area contributed by atoms with Gasteiger partial charge in [-0.3, -0.25) is 10.2 Å². The van der Waals surface area contributed by atoms with Crippen molar-refractivity contribution in [1.82, 2.24) is 9.58 Å². The number of carbonyl (C=O) groups excluding carboxylic acids is 1. The van der Waals surface area contributed by atoms with Crippen molar-refractivity contribution >= 4 is 39.8 Å². The monoisotopic (exact) mass is 445 g/mol. The van der Waals surface area contributed by atoms with Crippen LogP contribution in [0.25, 0.3) is 11.8 Å². The number of nitrogens with zero attached hydrogens (tertiary/aromatic N) is 4. The number of hydrazone groups is 1. The summed E-state index contributed by atoms with van der Waals surface area (Å²) in [6.45, 7) is 7.87. The van der Waals surface area contributed by atoms with Crippen LogP contribution in [0.2, 0.25) is 0 Å². The quantitative estimate of drug-likeness (QED) is 0.669. The third-order valence-electron chi connectivity index (χ3n) is 5.28. The van der Waals surface area contributed by atoms with Crippen molar-refractivity contribution in [3.8, 4) is 5.69 Å². The molecule has 0 atom stereocenters. The Morgan fingerprint density at radius 3 is 2.55 bits per heavy atom. The summed E-state index contributed by atoms with van der Waals surface area (Å²) in [6.07, 6.45) is -3.19. The van der Waals surface area contributed by atoms with Crippen molar-refractivity contribution < 1.29 is 18.0 Å². The van der Waals surface area contributed by atoms with E-state index in [4.69, 9.17) is 5.41 Å². The number of nitrogens with one attached hydrogen (secondary N) is 1. The summed E-state index contributed by atoms with van der Waals surface area (Å²) in [5.41, 5.74) is 5.58. The zero-order valence-electron chi connectivity index (χ0n) is 17.1. The van der Waals surface area contributed by atoms with Gasteiger partial charge >= 0.3 is 6.18 Å².